The highest BCUT2D eigenvalue weighted by Crippen LogP contribution is 2.23. The van der Waals surface area contributed by atoms with Gasteiger partial charge in [0, 0.05) is 36.3 Å². The van der Waals surface area contributed by atoms with Crippen molar-refractivity contribution in [3.8, 4) is 11.3 Å². The van der Waals surface area contributed by atoms with Crippen molar-refractivity contribution in [3.63, 3.8) is 0 Å². The molecule has 2 N–H and O–H groups in total. The molecule has 0 fully saturated rings. The predicted molar refractivity (Wildman–Crippen MR) is 104 cm³/mol. The quantitative estimate of drug-likeness (QED) is 0.578. The molecule has 0 saturated carbocycles. The van der Waals surface area contributed by atoms with Crippen molar-refractivity contribution in [1.82, 2.24) is 14.8 Å². The lowest BCUT2D eigenvalue weighted by molar-refractivity contribution is -0.114. The van der Waals surface area contributed by atoms with Gasteiger partial charge in [-0.15, -0.1) is 0 Å². The third-order valence-corrected chi connectivity index (χ3v) is 4.42. The Labute approximate surface area is 151 Å². The maximum atomic E-state index is 11.2. The van der Waals surface area contributed by atoms with E-state index >= 15 is 0 Å². The van der Waals surface area contributed by atoms with Gasteiger partial charge in [0.15, 0.2) is 0 Å². The zero-order valence-electron chi connectivity index (χ0n) is 14.8. The van der Waals surface area contributed by atoms with E-state index in [4.69, 9.17) is 0 Å². The molecule has 0 spiro atoms. The van der Waals surface area contributed by atoms with Crippen LogP contribution in [0.2, 0.25) is 0 Å². The van der Waals surface area contributed by atoms with Crippen LogP contribution in [0, 0.1) is 6.92 Å². The molecule has 5 heteroatoms. The standard InChI is InChI=1S/C21H20N4O/c1-14-11-20(24-23-14)17-5-3-16(4-6-17)13-25-10-9-18-12-19(22-15(2)26)7-8-21(18)25/h3-12H,13H2,1-2H3,(H,22,26)(H,23,24). The third kappa shape index (κ3) is 3.24. The van der Waals surface area contributed by atoms with Crippen molar-refractivity contribution in [1.29, 1.82) is 0 Å². The molecular weight excluding hydrogens is 324 g/mol. The van der Waals surface area contributed by atoms with Crippen LogP contribution in [0.1, 0.15) is 18.2 Å². The van der Waals surface area contributed by atoms with Gasteiger partial charge in [0.2, 0.25) is 5.91 Å². The van der Waals surface area contributed by atoms with Crippen LogP contribution < -0.4 is 5.32 Å². The lowest BCUT2D eigenvalue weighted by atomic mass is 10.1. The molecule has 4 aromatic rings. The van der Waals surface area contributed by atoms with Gasteiger partial charge in [0.1, 0.15) is 0 Å². The second kappa shape index (κ2) is 6.52. The molecule has 2 heterocycles. The molecule has 0 aliphatic heterocycles. The number of benzene rings is 2. The van der Waals surface area contributed by atoms with Crippen LogP contribution in [-0.2, 0) is 11.3 Å². The number of amides is 1. The molecule has 4 rings (SSSR count). The summed E-state index contributed by atoms with van der Waals surface area (Å²) in [5, 5.41) is 11.2. The van der Waals surface area contributed by atoms with Gasteiger partial charge in [0.25, 0.3) is 0 Å². The van der Waals surface area contributed by atoms with Gasteiger partial charge < -0.3 is 9.88 Å². The van der Waals surface area contributed by atoms with Gasteiger partial charge in [0.05, 0.1) is 11.4 Å². The molecule has 0 aliphatic rings. The average molecular weight is 344 g/mol. The zero-order valence-corrected chi connectivity index (χ0v) is 14.8. The van der Waals surface area contributed by atoms with Crippen LogP contribution in [0.25, 0.3) is 22.2 Å². The number of H-pyrrole nitrogens is 1. The van der Waals surface area contributed by atoms with Crippen LogP contribution in [-0.4, -0.2) is 20.7 Å². The SMILES string of the molecule is CC(=O)Nc1ccc2c(ccn2Cc2ccc(-c3cc(C)n[nH]3)cc2)c1. The second-order valence-corrected chi connectivity index (χ2v) is 6.52. The van der Waals surface area contributed by atoms with Crippen molar-refractivity contribution >= 4 is 22.5 Å². The Morgan fingerprint density at radius 3 is 2.62 bits per heavy atom. The van der Waals surface area contributed by atoms with Crippen LogP contribution in [0.5, 0.6) is 0 Å². The van der Waals surface area contributed by atoms with Gasteiger partial charge >= 0.3 is 0 Å². The Kier molecular flexibility index (Phi) is 4.05. The second-order valence-electron chi connectivity index (χ2n) is 6.52. The summed E-state index contributed by atoms with van der Waals surface area (Å²) in [6.07, 6.45) is 2.08. The highest BCUT2D eigenvalue weighted by Gasteiger charge is 2.05. The number of carbonyl (C=O) groups excluding carboxylic acids is 1. The van der Waals surface area contributed by atoms with E-state index < -0.39 is 0 Å². The monoisotopic (exact) mass is 344 g/mol. The molecule has 0 radical (unpaired) electrons. The molecular formula is C21H20N4O. The van der Waals surface area contributed by atoms with Crippen molar-refractivity contribution in [3.05, 3.63) is 72.1 Å². The van der Waals surface area contributed by atoms with Crippen LogP contribution in [0.15, 0.2) is 60.8 Å². The highest BCUT2D eigenvalue weighted by atomic mass is 16.1. The molecule has 2 aromatic carbocycles. The van der Waals surface area contributed by atoms with E-state index in [2.05, 4.69) is 56.6 Å². The summed E-state index contributed by atoms with van der Waals surface area (Å²) in [5.41, 5.74) is 6.35. The summed E-state index contributed by atoms with van der Waals surface area (Å²) < 4.78 is 2.21. The highest BCUT2D eigenvalue weighted by molar-refractivity contribution is 5.92. The summed E-state index contributed by atoms with van der Waals surface area (Å²) in [6.45, 7) is 4.29. The first kappa shape index (κ1) is 16.1. The number of fused-ring (bicyclic) bond motifs is 1. The fourth-order valence-electron chi connectivity index (χ4n) is 3.18. The van der Waals surface area contributed by atoms with Gasteiger partial charge in [-0.2, -0.15) is 5.10 Å². The van der Waals surface area contributed by atoms with Gasteiger partial charge in [-0.3, -0.25) is 9.89 Å². The van der Waals surface area contributed by atoms with Gasteiger partial charge in [-0.25, -0.2) is 0 Å². The molecule has 0 saturated heterocycles. The van der Waals surface area contributed by atoms with Crippen molar-refractivity contribution < 1.29 is 4.79 Å². The molecule has 0 bridgehead atoms. The molecule has 0 atom stereocenters. The Morgan fingerprint density at radius 2 is 1.92 bits per heavy atom. The third-order valence-electron chi connectivity index (χ3n) is 4.42. The zero-order chi connectivity index (χ0) is 18.1. The maximum Gasteiger partial charge on any atom is 0.221 e. The van der Waals surface area contributed by atoms with E-state index in [9.17, 15) is 4.79 Å². The molecule has 130 valence electrons. The van der Waals surface area contributed by atoms with Crippen LogP contribution >= 0.6 is 0 Å². The number of nitrogens with one attached hydrogen (secondary N) is 2. The summed E-state index contributed by atoms with van der Waals surface area (Å²) in [7, 11) is 0. The normalized spacial score (nSPS) is 11.0. The lowest BCUT2D eigenvalue weighted by Crippen LogP contribution is -2.05. The number of nitrogens with zero attached hydrogens (tertiary/aromatic N) is 2. The number of anilines is 1. The van der Waals surface area contributed by atoms with E-state index in [-0.39, 0.29) is 5.91 Å². The predicted octanol–water partition coefficient (Wildman–Crippen LogP) is 4.35. The minimum absolute atomic E-state index is 0.0590. The average Bonchev–Trinajstić information content (AvgIpc) is 3.21. The molecule has 0 unspecified atom stereocenters. The van der Waals surface area contributed by atoms with Crippen LogP contribution in [0.3, 0.4) is 0 Å². The smallest absolute Gasteiger partial charge is 0.221 e. The Bertz CT molecular complexity index is 1070. The molecule has 2 aromatic heterocycles. The minimum atomic E-state index is -0.0590. The van der Waals surface area contributed by atoms with E-state index in [1.54, 1.807) is 0 Å². The van der Waals surface area contributed by atoms with Crippen LogP contribution in [0.4, 0.5) is 5.69 Å². The molecule has 0 aliphatic carbocycles. The number of aromatic nitrogens is 3. The summed E-state index contributed by atoms with van der Waals surface area (Å²) in [5.74, 6) is -0.0590. The maximum absolute atomic E-state index is 11.2. The number of aryl methyl sites for hydroxylation is 1. The van der Waals surface area contributed by atoms with Crippen molar-refractivity contribution in [2.75, 3.05) is 5.32 Å². The summed E-state index contributed by atoms with van der Waals surface area (Å²) in [4.78, 5) is 11.2. The first-order valence-electron chi connectivity index (χ1n) is 8.56. The summed E-state index contributed by atoms with van der Waals surface area (Å²) >= 11 is 0. The first-order chi connectivity index (χ1) is 12.6. The Hall–Kier alpha value is -3.34. The molecule has 5 nitrogen and oxygen atoms in total. The number of hydrogen-bond acceptors (Lipinski definition) is 2. The van der Waals surface area contributed by atoms with Crippen molar-refractivity contribution in [2.45, 2.75) is 20.4 Å². The fraction of sp³-hybridized carbons (Fsp3) is 0.143. The topological polar surface area (TPSA) is 62.7 Å². The van der Waals surface area contributed by atoms with E-state index in [1.165, 1.54) is 12.5 Å². The van der Waals surface area contributed by atoms with E-state index in [0.29, 0.717) is 0 Å². The largest absolute Gasteiger partial charge is 0.343 e. The fourth-order valence-corrected chi connectivity index (χ4v) is 3.18. The minimum Gasteiger partial charge on any atom is -0.343 e. The number of hydrogen-bond donors (Lipinski definition) is 2. The van der Waals surface area contributed by atoms with E-state index in [0.717, 1.165) is 40.1 Å². The van der Waals surface area contributed by atoms with Crippen molar-refractivity contribution in [2.24, 2.45) is 0 Å². The summed E-state index contributed by atoms with van der Waals surface area (Å²) in [6, 6.07) is 18.6. The van der Waals surface area contributed by atoms with Gasteiger partial charge in [-0.1, -0.05) is 24.3 Å². The first-order valence-corrected chi connectivity index (χ1v) is 8.56. The number of aromatic amines is 1. The Balaban J connectivity index is 1.56. The molecule has 1 amide bonds. The van der Waals surface area contributed by atoms with Gasteiger partial charge in [-0.05, 0) is 48.4 Å². The number of rotatable bonds is 4. The van der Waals surface area contributed by atoms with E-state index in [1.807, 2.05) is 31.2 Å². The lowest BCUT2D eigenvalue weighted by Gasteiger charge is -2.08. The Morgan fingerprint density at radius 1 is 1.12 bits per heavy atom. The number of carbonyl (C=O) groups is 1. The molecule has 26 heavy (non-hydrogen) atoms.